The zero-order chi connectivity index (χ0) is 12.8. The Morgan fingerprint density at radius 2 is 1.89 bits per heavy atom. The smallest absolute Gasteiger partial charge is 0.211 e. The standard InChI is InChI=1S/C15H12ClNO/c16-14-8-4-7-13(10-14)15(17-11-18)9-12-5-2-1-3-6-12/h1-8,10,15H,9H2. The summed E-state index contributed by atoms with van der Waals surface area (Å²) in [5, 5.41) is 0.645. The number of benzene rings is 2. The number of carbonyl (C=O) groups excluding carboxylic acids is 1. The summed E-state index contributed by atoms with van der Waals surface area (Å²) in [6, 6.07) is 17.1. The third-order valence-corrected chi connectivity index (χ3v) is 2.95. The molecule has 0 aliphatic carbocycles. The third-order valence-electron chi connectivity index (χ3n) is 2.71. The Kier molecular flexibility index (Phi) is 4.30. The van der Waals surface area contributed by atoms with E-state index in [0.29, 0.717) is 11.4 Å². The van der Waals surface area contributed by atoms with Gasteiger partial charge in [-0.3, -0.25) is 0 Å². The average Bonchev–Trinajstić information content (AvgIpc) is 2.39. The highest BCUT2D eigenvalue weighted by molar-refractivity contribution is 6.30. The van der Waals surface area contributed by atoms with Gasteiger partial charge in [0.05, 0.1) is 6.04 Å². The van der Waals surface area contributed by atoms with Crippen molar-refractivity contribution in [1.82, 2.24) is 0 Å². The van der Waals surface area contributed by atoms with Crippen LogP contribution in [0.2, 0.25) is 5.02 Å². The number of halogens is 1. The molecule has 2 aromatic carbocycles. The minimum Gasteiger partial charge on any atom is -0.211 e. The van der Waals surface area contributed by atoms with E-state index in [1.54, 1.807) is 12.1 Å². The van der Waals surface area contributed by atoms with Gasteiger partial charge in [-0.1, -0.05) is 54.1 Å². The highest BCUT2D eigenvalue weighted by Gasteiger charge is 2.11. The van der Waals surface area contributed by atoms with E-state index in [2.05, 4.69) is 4.99 Å². The van der Waals surface area contributed by atoms with Gasteiger partial charge in [-0.15, -0.1) is 0 Å². The van der Waals surface area contributed by atoms with Crippen LogP contribution in [0.15, 0.2) is 59.6 Å². The lowest BCUT2D eigenvalue weighted by Crippen LogP contribution is -2.00. The Hall–Kier alpha value is -1.89. The second kappa shape index (κ2) is 6.15. The van der Waals surface area contributed by atoms with Crippen LogP contribution >= 0.6 is 11.6 Å². The zero-order valence-corrected chi connectivity index (χ0v) is 10.5. The van der Waals surface area contributed by atoms with Gasteiger partial charge in [0.15, 0.2) is 0 Å². The van der Waals surface area contributed by atoms with Gasteiger partial charge in [0.2, 0.25) is 6.08 Å². The minimum atomic E-state index is -0.233. The largest absolute Gasteiger partial charge is 0.235 e. The predicted octanol–water partition coefficient (Wildman–Crippen LogP) is 3.96. The normalized spacial score (nSPS) is 11.6. The van der Waals surface area contributed by atoms with Crippen molar-refractivity contribution in [3.63, 3.8) is 0 Å². The first-order valence-corrected chi connectivity index (χ1v) is 6.04. The van der Waals surface area contributed by atoms with Crippen LogP contribution in [0.3, 0.4) is 0 Å². The number of nitrogens with zero attached hydrogens (tertiary/aromatic N) is 1. The fourth-order valence-electron chi connectivity index (χ4n) is 1.85. The van der Waals surface area contributed by atoms with Crippen molar-refractivity contribution in [2.45, 2.75) is 12.5 Å². The second-order valence-electron chi connectivity index (χ2n) is 3.98. The van der Waals surface area contributed by atoms with Gasteiger partial charge < -0.3 is 0 Å². The second-order valence-corrected chi connectivity index (χ2v) is 4.42. The first-order chi connectivity index (χ1) is 8.79. The highest BCUT2D eigenvalue weighted by Crippen LogP contribution is 2.24. The monoisotopic (exact) mass is 257 g/mol. The number of hydrogen-bond donors (Lipinski definition) is 0. The number of aliphatic imine (C=N–C) groups is 1. The summed E-state index contributed by atoms with van der Waals surface area (Å²) in [6.45, 7) is 0. The molecule has 0 heterocycles. The average molecular weight is 258 g/mol. The summed E-state index contributed by atoms with van der Waals surface area (Å²) in [7, 11) is 0. The van der Waals surface area contributed by atoms with Crippen LogP contribution in [0.25, 0.3) is 0 Å². The lowest BCUT2D eigenvalue weighted by Gasteiger charge is -2.11. The Morgan fingerprint density at radius 3 is 2.56 bits per heavy atom. The van der Waals surface area contributed by atoms with Gasteiger partial charge in [0, 0.05) is 5.02 Å². The Morgan fingerprint density at radius 1 is 1.11 bits per heavy atom. The zero-order valence-electron chi connectivity index (χ0n) is 9.71. The molecule has 0 aliphatic rings. The van der Waals surface area contributed by atoms with E-state index in [1.165, 1.54) is 0 Å². The van der Waals surface area contributed by atoms with Crippen LogP contribution in [0.5, 0.6) is 0 Å². The van der Waals surface area contributed by atoms with Crippen molar-refractivity contribution in [3.05, 3.63) is 70.7 Å². The molecule has 1 atom stereocenters. The van der Waals surface area contributed by atoms with Crippen molar-refractivity contribution in [2.75, 3.05) is 0 Å². The first-order valence-electron chi connectivity index (χ1n) is 5.66. The van der Waals surface area contributed by atoms with E-state index in [9.17, 15) is 4.79 Å². The molecule has 0 saturated heterocycles. The molecular weight excluding hydrogens is 246 g/mol. The highest BCUT2D eigenvalue weighted by atomic mass is 35.5. The lowest BCUT2D eigenvalue weighted by molar-refractivity contribution is 0.557. The molecule has 0 fully saturated rings. The molecule has 2 nitrogen and oxygen atoms in total. The summed E-state index contributed by atoms with van der Waals surface area (Å²) < 4.78 is 0. The maximum Gasteiger partial charge on any atom is 0.235 e. The Bertz CT molecular complexity index is 562. The molecule has 0 aliphatic heterocycles. The maximum absolute atomic E-state index is 10.5. The third kappa shape index (κ3) is 3.30. The van der Waals surface area contributed by atoms with Crippen molar-refractivity contribution >= 4 is 17.7 Å². The molecule has 2 rings (SSSR count). The van der Waals surface area contributed by atoms with Gasteiger partial charge in [0.1, 0.15) is 0 Å². The quantitative estimate of drug-likeness (QED) is 0.602. The molecule has 0 amide bonds. The van der Waals surface area contributed by atoms with Crippen molar-refractivity contribution in [1.29, 1.82) is 0 Å². The molecule has 0 bridgehead atoms. The molecule has 0 saturated carbocycles. The molecular formula is C15H12ClNO. The molecule has 0 radical (unpaired) electrons. The predicted molar refractivity (Wildman–Crippen MR) is 72.5 cm³/mol. The fraction of sp³-hybridized carbons (Fsp3) is 0.133. The maximum atomic E-state index is 10.5. The van der Waals surface area contributed by atoms with E-state index in [4.69, 9.17) is 11.6 Å². The van der Waals surface area contributed by atoms with Crippen LogP contribution in [-0.2, 0) is 11.2 Å². The van der Waals surface area contributed by atoms with E-state index >= 15 is 0 Å². The van der Waals surface area contributed by atoms with E-state index < -0.39 is 0 Å². The Balaban J connectivity index is 2.26. The summed E-state index contributed by atoms with van der Waals surface area (Å²) in [5.41, 5.74) is 2.05. The number of hydrogen-bond acceptors (Lipinski definition) is 2. The first kappa shape index (κ1) is 12.6. The molecule has 90 valence electrons. The number of isocyanates is 1. The van der Waals surface area contributed by atoms with Crippen LogP contribution in [0.1, 0.15) is 17.2 Å². The van der Waals surface area contributed by atoms with Crippen LogP contribution < -0.4 is 0 Å². The number of rotatable bonds is 4. The fourth-order valence-corrected chi connectivity index (χ4v) is 2.05. The SMILES string of the molecule is O=C=NC(Cc1ccccc1)c1cccc(Cl)c1. The molecule has 1 unspecified atom stereocenters. The molecule has 18 heavy (non-hydrogen) atoms. The van der Waals surface area contributed by atoms with Crippen LogP contribution in [-0.4, -0.2) is 6.08 Å². The minimum absolute atomic E-state index is 0.233. The van der Waals surface area contributed by atoms with Crippen LogP contribution in [0.4, 0.5) is 0 Å². The van der Waals surface area contributed by atoms with Crippen molar-refractivity contribution in [3.8, 4) is 0 Å². The Labute approximate surface area is 111 Å². The van der Waals surface area contributed by atoms with Crippen molar-refractivity contribution in [2.24, 2.45) is 4.99 Å². The van der Waals surface area contributed by atoms with E-state index in [1.807, 2.05) is 48.5 Å². The summed E-state index contributed by atoms with van der Waals surface area (Å²) in [5.74, 6) is 0. The van der Waals surface area contributed by atoms with E-state index in [-0.39, 0.29) is 6.04 Å². The van der Waals surface area contributed by atoms with Gasteiger partial charge in [-0.2, -0.15) is 4.99 Å². The summed E-state index contributed by atoms with van der Waals surface area (Å²) >= 11 is 5.95. The van der Waals surface area contributed by atoms with E-state index in [0.717, 1.165) is 11.1 Å². The summed E-state index contributed by atoms with van der Waals surface area (Å²) in [6.07, 6.45) is 2.30. The van der Waals surface area contributed by atoms with Gasteiger partial charge in [-0.05, 0) is 29.7 Å². The molecule has 2 aromatic rings. The lowest BCUT2D eigenvalue weighted by atomic mass is 9.99. The molecule has 3 heteroatoms. The topological polar surface area (TPSA) is 29.4 Å². The van der Waals surface area contributed by atoms with Crippen LogP contribution in [0, 0.1) is 0 Å². The van der Waals surface area contributed by atoms with Gasteiger partial charge in [-0.25, -0.2) is 4.79 Å². The molecule has 0 N–H and O–H groups in total. The molecule has 0 aromatic heterocycles. The van der Waals surface area contributed by atoms with Gasteiger partial charge in [0.25, 0.3) is 0 Å². The molecule has 0 spiro atoms. The summed E-state index contributed by atoms with van der Waals surface area (Å²) in [4.78, 5) is 14.4. The van der Waals surface area contributed by atoms with Gasteiger partial charge >= 0.3 is 0 Å². The van der Waals surface area contributed by atoms with Crippen molar-refractivity contribution < 1.29 is 4.79 Å².